The van der Waals surface area contributed by atoms with E-state index in [1.54, 1.807) is 16.7 Å². The smallest absolute Gasteiger partial charge is 0.251 e. The Hall–Kier alpha value is -2.27. The van der Waals surface area contributed by atoms with E-state index in [-0.39, 0.29) is 17.9 Å². The normalized spacial score (nSPS) is 21.9. The van der Waals surface area contributed by atoms with Crippen molar-refractivity contribution in [3.8, 4) is 0 Å². The first-order chi connectivity index (χ1) is 13.6. The molecule has 4 rings (SSSR count). The maximum atomic E-state index is 12.9. The van der Waals surface area contributed by atoms with Crippen LogP contribution >= 0.6 is 11.8 Å². The van der Waals surface area contributed by atoms with Crippen LogP contribution in [0, 0.1) is 5.92 Å². The minimum absolute atomic E-state index is 0.0377. The van der Waals surface area contributed by atoms with Gasteiger partial charge in [0.05, 0.1) is 18.0 Å². The van der Waals surface area contributed by atoms with Crippen molar-refractivity contribution in [2.24, 2.45) is 5.92 Å². The zero-order valence-corrected chi connectivity index (χ0v) is 17.0. The second kappa shape index (κ2) is 8.39. The van der Waals surface area contributed by atoms with Crippen molar-refractivity contribution >= 4 is 29.3 Å². The second-order valence-electron chi connectivity index (χ2n) is 7.78. The Morgan fingerprint density at radius 2 is 1.93 bits per heavy atom. The average Bonchev–Trinajstić information content (AvgIpc) is 2.72. The van der Waals surface area contributed by atoms with E-state index in [1.807, 2.05) is 48.5 Å². The van der Waals surface area contributed by atoms with Gasteiger partial charge in [-0.15, -0.1) is 11.8 Å². The minimum atomic E-state index is -0.0377. The molecule has 0 bridgehead atoms. The third-order valence-corrected chi connectivity index (χ3v) is 6.82. The van der Waals surface area contributed by atoms with Gasteiger partial charge in [0.1, 0.15) is 0 Å². The van der Waals surface area contributed by atoms with E-state index in [1.165, 1.54) is 19.3 Å². The second-order valence-corrected chi connectivity index (χ2v) is 8.80. The Morgan fingerprint density at radius 1 is 1.14 bits per heavy atom. The minimum Gasteiger partial charge on any atom is -0.349 e. The molecule has 1 aliphatic carbocycles. The number of carbonyl (C=O) groups is 2. The fraction of sp³-hybridized carbons (Fsp3) is 0.391. The van der Waals surface area contributed by atoms with Gasteiger partial charge in [0, 0.05) is 16.5 Å². The molecule has 1 saturated carbocycles. The lowest BCUT2D eigenvalue weighted by atomic mass is 9.86. The number of hydrogen-bond acceptors (Lipinski definition) is 3. The molecule has 5 heteroatoms. The van der Waals surface area contributed by atoms with Gasteiger partial charge < -0.3 is 10.2 Å². The van der Waals surface area contributed by atoms with Gasteiger partial charge in [-0.2, -0.15) is 0 Å². The number of nitrogens with one attached hydrogen (secondary N) is 1. The van der Waals surface area contributed by atoms with Crippen molar-refractivity contribution < 1.29 is 9.59 Å². The van der Waals surface area contributed by atoms with Crippen LogP contribution in [-0.4, -0.2) is 23.6 Å². The summed E-state index contributed by atoms with van der Waals surface area (Å²) in [6.07, 6.45) is 4.65. The molecule has 1 N–H and O–H groups in total. The van der Waals surface area contributed by atoms with E-state index in [2.05, 4.69) is 12.2 Å². The van der Waals surface area contributed by atoms with E-state index >= 15 is 0 Å². The SMILES string of the molecule is CC1CCCCC1NC(=O)c1ccc2c(c1)N(Cc1ccccc1)C(=O)CS2. The zero-order valence-electron chi connectivity index (χ0n) is 16.2. The summed E-state index contributed by atoms with van der Waals surface area (Å²) >= 11 is 1.54. The number of nitrogens with zero attached hydrogens (tertiary/aromatic N) is 1. The average molecular weight is 395 g/mol. The third-order valence-electron chi connectivity index (χ3n) is 5.78. The van der Waals surface area contributed by atoms with Crippen molar-refractivity contribution in [3.63, 3.8) is 0 Å². The number of rotatable bonds is 4. The van der Waals surface area contributed by atoms with Crippen molar-refractivity contribution in [1.82, 2.24) is 5.32 Å². The molecule has 0 radical (unpaired) electrons. The van der Waals surface area contributed by atoms with Gasteiger partial charge in [0.2, 0.25) is 5.91 Å². The van der Waals surface area contributed by atoms with Crippen LogP contribution in [0.4, 0.5) is 5.69 Å². The summed E-state index contributed by atoms with van der Waals surface area (Å²) in [6.45, 7) is 2.74. The predicted molar refractivity (Wildman–Crippen MR) is 114 cm³/mol. The maximum Gasteiger partial charge on any atom is 0.251 e. The first-order valence-corrected chi connectivity index (χ1v) is 11.0. The topological polar surface area (TPSA) is 49.4 Å². The number of fused-ring (bicyclic) bond motifs is 1. The van der Waals surface area contributed by atoms with Gasteiger partial charge >= 0.3 is 0 Å². The van der Waals surface area contributed by atoms with Crippen molar-refractivity contribution in [2.75, 3.05) is 10.7 Å². The van der Waals surface area contributed by atoms with Gasteiger partial charge in [-0.25, -0.2) is 0 Å². The fourth-order valence-corrected chi connectivity index (χ4v) is 4.98. The molecule has 146 valence electrons. The lowest BCUT2D eigenvalue weighted by Gasteiger charge is -2.31. The van der Waals surface area contributed by atoms with Gasteiger partial charge in [0.15, 0.2) is 0 Å². The van der Waals surface area contributed by atoms with Crippen LogP contribution in [0.25, 0.3) is 0 Å². The Bertz CT molecular complexity index is 868. The van der Waals surface area contributed by atoms with Gasteiger partial charge in [0.25, 0.3) is 5.91 Å². The molecule has 2 atom stereocenters. The zero-order chi connectivity index (χ0) is 19.5. The number of amides is 2. The third kappa shape index (κ3) is 4.09. The number of carbonyl (C=O) groups excluding carboxylic acids is 2. The summed E-state index contributed by atoms with van der Waals surface area (Å²) in [5, 5.41) is 3.22. The van der Waals surface area contributed by atoms with E-state index in [0.717, 1.165) is 22.6 Å². The highest BCUT2D eigenvalue weighted by atomic mass is 32.2. The first-order valence-electron chi connectivity index (χ1n) is 10.0. The number of hydrogen-bond donors (Lipinski definition) is 1. The van der Waals surface area contributed by atoms with E-state index in [9.17, 15) is 9.59 Å². The Labute approximate surface area is 170 Å². The van der Waals surface area contributed by atoms with Crippen LogP contribution in [0.15, 0.2) is 53.4 Å². The number of anilines is 1. The molecule has 0 aromatic heterocycles. The summed E-state index contributed by atoms with van der Waals surface area (Å²) in [7, 11) is 0. The molecule has 2 aromatic rings. The lowest BCUT2D eigenvalue weighted by molar-refractivity contribution is -0.116. The molecular formula is C23H26N2O2S. The molecule has 1 heterocycles. The van der Waals surface area contributed by atoms with Crippen molar-refractivity contribution in [3.05, 3.63) is 59.7 Å². The molecule has 2 aromatic carbocycles. The van der Waals surface area contributed by atoms with Crippen molar-refractivity contribution in [2.45, 2.75) is 50.1 Å². The maximum absolute atomic E-state index is 12.9. The van der Waals surface area contributed by atoms with E-state index in [0.29, 0.717) is 23.8 Å². The molecule has 4 nitrogen and oxygen atoms in total. The van der Waals surface area contributed by atoms with E-state index in [4.69, 9.17) is 0 Å². The number of thioether (sulfide) groups is 1. The monoisotopic (exact) mass is 394 g/mol. The highest BCUT2D eigenvalue weighted by Crippen LogP contribution is 2.37. The van der Waals surface area contributed by atoms with Crippen LogP contribution < -0.4 is 10.2 Å². The van der Waals surface area contributed by atoms with Gasteiger partial charge in [-0.1, -0.05) is 50.1 Å². The summed E-state index contributed by atoms with van der Waals surface area (Å²) < 4.78 is 0. The van der Waals surface area contributed by atoms with Crippen LogP contribution in [0.1, 0.15) is 48.5 Å². The summed E-state index contributed by atoms with van der Waals surface area (Å²) in [5.74, 6) is 0.997. The fourth-order valence-electron chi connectivity index (χ4n) is 4.07. The summed E-state index contributed by atoms with van der Waals surface area (Å²) in [5.41, 5.74) is 2.55. The van der Waals surface area contributed by atoms with Crippen LogP contribution in [-0.2, 0) is 11.3 Å². The molecule has 2 amide bonds. The molecule has 1 aliphatic heterocycles. The molecule has 2 unspecified atom stereocenters. The highest BCUT2D eigenvalue weighted by molar-refractivity contribution is 8.00. The lowest BCUT2D eigenvalue weighted by Crippen LogP contribution is -2.41. The summed E-state index contributed by atoms with van der Waals surface area (Å²) in [4.78, 5) is 28.3. The molecule has 1 fully saturated rings. The van der Waals surface area contributed by atoms with Gasteiger partial charge in [-0.3, -0.25) is 9.59 Å². The molecule has 0 saturated heterocycles. The Kier molecular flexibility index (Phi) is 5.72. The highest BCUT2D eigenvalue weighted by Gasteiger charge is 2.27. The van der Waals surface area contributed by atoms with Gasteiger partial charge in [-0.05, 0) is 42.5 Å². The largest absolute Gasteiger partial charge is 0.349 e. The van der Waals surface area contributed by atoms with Crippen LogP contribution in [0.5, 0.6) is 0 Å². The summed E-state index contributed by atoms with van der Waals surface area (Å²) in [6, 6.07) is 16.0. The molecule has 2 aliphatic rings. The van der Waals surface area contributed by atoms with Crippen LogP contribution in [0.2, 0.25) is 0 Å². The standard InChI is InChI=1S/C23H26N2O2S/c1-16-7-5-6-10-19(16)24-23(27)18-11-12-21-20(13-18)25(22(26)15-28-21)14-17-8-3-2-4-9-17/h2-4,8-9,11-13,16,19H,5-7,10,14-15H2,1H3,(H,24,27). The van der Waals surface area contributed by atoms with Crippen molar-refractivity contribution in [1.29, 1.82) is 0 Å². The quantitative estimate of drug-likeness (QED) is 0.822. The van der Waals surface area contributed by atoms with E-state index < -0.39 is 0 Å². The molecule has 0 spiro atoms. The number of benzene rings is 2. The predicted octanol–water partition coefficient (Wildman–Crippen LogP) is 4.63. The Balaban J connectivity index is 1.57. The molecular weight excluding hydrogens is 368 g/mol. The first kappa shape index (κ1) is 19.1. The van der Waals surface area contributed by atoms with Crippen LogP contribution in [0.3, 0.4) is 0 Å². The molecule has 28 heavy (non-hydrogen) atoms. The Morgan fingerprint density at radius 3 is 2.71 bits per heavy atom.